The van der Waals surface area contributed by atoms with Crippen molar-refractivity contribution in [1.82, 2.24) is 0 Å². The average molecular weight is 198 g/mol. The summed E-state index contributed by atoms with van der Waals surface area (Å²) in [6.45, 7) is 3.72. The van der Waals surface area contributed by atoms with Gasteiger partial charge in [-0.15, -0.1) is 0 Å². The Kier molecular flexibility index (Phi) is 2.52. The van der Waals surface area contributed by atoms with E-state index >= 15 is 0 Å². The van der Waals surface area contributed by atoms with Crippen molar-refractivity contribution in [2.75, 3.05) is 0 Å². The summed E-state index contributed by atoms with van der Waals surface area (Å²) in [6, 6.07) is 0. The number of carbonyl (C=O) groups is 1. The number of carbonyl (C=O) groups excluding carboxylic acids is 1. The van der Waals surface area contributed by atoms with E-state index in [1.807, 2.05) is 13.8 Å². The first-order valence-corrected chi connectivity index (χ1v) is 5.46. The van der Waals surface area contributed by atoms with Crippen LogP contribution in [0.1, 0.15) is 33.1 Å². The van der Waals surface area contributed by atoms with Gasteiger partial charge in [0.05, 0.1) is 18.1 Å². The lowest BCUT2D eigenvalue weighted by Gasteiger charge is -2.24. The molecule has 0 spiro atoms. The summed E-state index contributed by atoms with van der Waals surface area (Å²) in [5, 5.41) is 9.67. The van der Waals surface area contributed by atoms with Gasteiger partial charge in [-0.2, -0.15) is 0 Å². The van der Waals surface area contributed by atoms with E-state index in [1.54, 1.807) is 0 Å². The highest BCUT2D eigenvalue weighted by Crippen LogP contribution is 2.51. The molecule has 3 heteroatoms. The van der Waals surface area contributed by atoms with Gasteiger partial charge in [-0.25, -0.2) is 0 Å². The van der Waals surface area contributed by atoms with Crippen LogP contribution >= 0.6 is 0 Å². The maximum Gasteiger partial charge on any atom is 0.309 e. The zero-order valence-corrected chi connectivity index (χ0v) is 8.77. The van der Waals surface area contributed by atoms with E-state index in [9.17, 15) is 9.90 Å². The summed E-state index contributed by atoms with van der Waals surface area (Å²) >= 11 is 0. The Bertz CT molecular complexity index is 237. The first-order valence-electron chi connectivity index (χ1n) is 5.46. The van der Waals surface area contributed by atoms with Crippen molar-refractivity contribution >= 4 is 5.97 Å². The molecule has 0 heterocycles. The minimum Gasteiger partial charge on any atom is -0.463 e. The summed E-state index contributed by atoms with van der Waals surface area (Å²) in [5.41, 5.74) is 0. The molecule has 2 aliphatic rings. The highest BCUT2D eigenvalue weighted by Gasteiger charge is 2.49. The number of rotatable bonds is 2. The molecule has 0 bridgehead atoms. The van der Waals surface area contributed by atoms with Crippen molar-refractivity contribution < 1.29 is 14.6 Å². The molecule has 0 aromatic rings. The molecule has 0 amide bonds. The van der Waals surface area contributed by atoms with E-state index in [-0.39, 0.29) is 24.1 Å². The van der Waals surface area contributed by atoms with Gasteiger partial charge in [0.15, 0.2) is 0 Å². The van der Waals surface area contributed by atoms with Crippen LogP contribution in [0, 0.1) is 17.8 Å². The smallest absolute Gasteiger partial charge is 0.309 e. The van der Waals surface area contributed by atoms with E-state index in [0.717, 1.165) is 12.8 Å². The number of hydrogen-bond donors (Lipinski definition) is 1. The molecule has 0 aromatic heterocycles. The average Bonchev–Trinajstić information content (AvgIpc) is 2.81. The van der Waals surface area contributed by atoms with E-state index in [2.05, 4.69) is 0 Å². The molecule has 3 nitrogen and oxygen atoms in total. The van der Waals surface area contributed by atoms with Gasteiger partial charge in [0.2, 0.25) is 0 Å². The lowest BCUT2D eigenvalue weighted by atomic mass is 9.87. The molecule has 2 saturated carbocycles. The van der Waals surface area contributed by atoms with Gasteiger partial charge in [-0.1, -0.05) is 0 Å². The summed E-state index contributed by atoms with van der Waals surface area (Å²) in [4.78, 5) is 11.6. The Morgan fingerprint density at radius 2 is 2.07 bits per heavy atom. The third-order valence-corrected chi connectivity index (χ3v) is 3.27. The highest BCUT2D eigenvalue weighted by atomic mass is 16.5. The first-order chi connectivity index (χ1) is 6.58. The molecule has 14 heavy (non-hydrogen) atoms. The number of fused-ring (bicyclic) bond motifs is 1. The Morgan fingerprint density at radius 1 is 1.36 bits per heavy atom. The number of aliphatic hydroxyl groups is 1. The second-order valence-electron chi connectivity index (χ2n) is 4.88. The maximum absolute atomic E-state index is 11.6. The van der Waals surface area contributed by atoms with Crippen molar-refractivity contribution in [2.45, 2.75) is 45.3 Å². The fraction of sp³-hybridized carbons (Fsp3) is 0.909. The number of esters is 1. The number of ether oxygens (including phenoxy) is 1. The van der Waals surface area contributed by atoms with E-state index < -0.39 is 0 Å². The number of aliphatic hydroxyl groups excluding tert-OH is 1. The standard InChI is InChI=1S/C11H18O3/c1-6(2)14-11(13)8-3-7-4-9(7)10(12)5-8/h6-10,12H,3-5H2,1-2H3/t7-,8+,9+,10-/m0/s1. The van der Waals surface area contributed by atoms with Gasteiger partial charge in [0.25, 0.3) is 0 Å². The molecule has 0 aromatic carbocycles. The van der Waals surface area contributed by atoms with Crippen LogP contribution in [0.2, 0.25) is 0 Å². The third-order valence-electron chi connectivity index (χ3n) is 3.27. The molecule has 1 N–H and O–H groups in total. The molecule has 2 fully saturated rings. The monoisotopic (exact) mass is 198 g/mol. The van der Waals surface area contributed by atoms with Crippen LogP contribution in [0.25, 0.3) is 0 Å². The van der Waals surface area contributed by atoms with E-state index in [4.69, 9.17) is 4.74 Å². The fourth-order valence-corrected chi connectivity index (χ4v) is 2.46. The minimum absolute atomic E-state index is 0.0448. The Hall–Kier alpha value is -0.570. The van der Waals surface area contributed by atoms with Crippen molar-refractivity contribution in [3.63, 3.8) is 0 Å². The molecule has 2 aliphatic carbocycles. The molecule has 0 saturated heterocycles. The molecule has 0 aliphatic heterocycles. The SMILES string of the molecule is CC(C)OC(=O)[C@@H]1C[C@H]2C[C@H]2[C@@H](O)C1. The molecule has 80 valence electrons. The fourth-order valence-electron chi connectivity index (χ4n) is 2.46. The van der Waals surface area contributed by atoms with Crippen LogP contribution in [0.15, 0.2) is 0 Å². The largest absolute Gasteiger partial charge is 0.463 e. The Balaban J connectivity index is 1.88. The molecule has 4 atom stereocenters. The van der Waals surface area contributed by atoms with Crippen LogP contribution in [0.4, 0.5) is 0 Å². The highest BCUT2D eigenvalue weighted by molar-refractivity contribution is 5.73. The van der Waals surface area contributed by atoms with Crippen molar-refractivity contribution in [2.24, 2.45) is 17.8 Å². The second-order valence-corrected chi connectivity index (χ2v) is 4.88. The minimum atomic E-state index is -0.265. The van der Waals surface area contributed by atoms with Crippen LogP contribution in [-0.4, -0.2) is 23.3 Å². The van der Waals surface area contributed by atoms with Crippen LogP contribution in [0.5, 0.6) is 0 Å². The summed E-state index contributed by atoms with van der Waals surface area (Å²) < 4.78 is 5.15. The predicted molar refractivity (Wildman–Crippen MR) is 51.6 cm³/mol. The molecule has 0 unspecified atom stereocenters. The second kappa shape index (κ2) is 3.54. The topological polar surface area (TPSA) is 46.5 Å². The molecule has 2 rings (SSSR count). The van der Waals surface area contributed by atoms with Crippen molar-refractivity contribution in [1.29, 1.82) is 0 Å². The Morgan fingerprint density at radius 3 is 2.64 bits per heavy atom. The van der Waals surface area contributed by atoms with Gasteiger partial charge in [0.1, 0.15) is 0 Å². The molecular weight excluding hydrogens is 180 g/mol. The predicted octanol–water partition coefficient (Wildman–Crippen LogP) is 1.34. The number of hydrogen-bond acceptors (Lipinski definition) is 3. The quantitative estimate of drug-likeness (QED) is 0.681. The Labute approximate surface area is 84.4 Å². The first kappa shape index (κ1) is 9.97. The van der Waals surface area contributed by atoms with Gasteiger partial charge < -0.3 is 9.84 Å². The third kappa shape index (κ3) is 1.92. The lowest BCUT2D eigenvalue weighted by molar-refractivity contribution is -0.155. The van der Waals surface area contributed by atoms with Crippen LogP contribution < -0.4 is 0 Å². The van der Waals surface area contributed by atoms with Gasteiger partial charge in [-0.05, 0) is 44.9 Å². The summed E-state index contributed by atoms with van der Waals surface area (Å²) in [5.74, 6) is 0.891. The van der Waals surface area contributed by atoms with Crippen LogP contribution in [0.3, 0.4) is 0 Å². The maximum atomic E-state index is 11.6. The lowest BCUT2D eigenvalue weighted by Crippen LogP contribution is -2.30. The zero-order chi connectivity index (χ0) is 10.3. The molecular formula is C11H18O3. The van der Waals surface area contributed by atoms with Crippen LogP contribution in [-0.2, 0) is 9.53 Å². The van der Waals surface area contributed by atoms with Gasteiger partial charge >= 0.3 is 5.97 Å². The summed E-state index contributed by atoms with van der Waals surface area (Å²) in [7, 11) is 0. The van der Waals surface area contributed by atoms with Gasteiger partial charge in [0, 0.05) is 0 Å². The van der Waals surface area contributed by atoms with Gasteiger partial charge in [-0.3, -0.25) is 4.79 Å². The van der Waals surface area contributed by atoms with E-state index in [0.29, 0.717) is 18.3 Å². The van der Waals surface area contributed by atoms with Crippen molar-refractivity contribution in [3.8, 4) is 0 Å². The normalized spacial score (nSPS) is 40.6. The molecule has 0 radical (unpaired) electrons. The van der Waals surface area contributed by atoms with Crippen molar-refractivity contribution in [3.05, 3.63) is 0 Å². The zero-order valence-electron chi connectivity index (χ0n) is 8.77. The van der Waals surface area contributed by atoms with E-state index in [1.165, 1.54) is 0 Å². The summed E-state index contributed by atoms with van der Waals surface area (Å²) in [6.07, 6.45) is 2.32.